The quantitative estimate of drug-likeness (QED) is 0.440. The van der Waals surface area contributed by atoms with E-state index in [1.807, 2.05) is 6.07 Å². The first-order chi connectivity index (χ1) is 13.8. The number of rotatable bonds is 6. The Labute approximate surface area is 162 Å². The fourth-order valence-corrected chi connectivity index (χ4v) is 2.70. The number of nitriles is 1. The first-order valence-corrected chi connectivity index (χ1v) is 8.58. The molecule has 1 aromatic heterocycles. The Morgan fingerprint density at radius 2 is 2.00 bits per heavy atom. The molecule has 0 fully saturated rings. The van der Waals surface area contributed by atoms with Crippen molar-refractivity contribution in [2.45, 2.75) is 19.0 Å². The third kappa shape index (κ3) is 5.04. The average molecular weight is 405 g/mol. The molecule has 2 N–H and O–H groups in total. The lowest BCUT2D eigenvalue weighted by Crippen LogP contribution is -2.12. The van der Waals surface area contributed by atoms with Crippen LogP contribution in [0.15, 0.2) is 42.6 Å². The molecule has 1 amide bonds. The van der Waals surface area contributed by atoms with Gasteiger partial charge >= 0.3 is 6.18 Å². The van der Waals surface area contributed by atoms with Gasteiger partial charge in [-0.25, -0.2) is 4.39 Å². The number of anilines is 1. The number of H-pyrrole nitrogens is 1. The Kier molecular flexibility index (Phi) is 5.73. The largest absolute Gasteiger partial charge is 0.491 e. The van der Waals surface area contributed by atoms with Gasteiger partial charge in [-0.3, -0.25) is 4.79 Å². The number of hydrogen-bond donors (Lipinski definition) is 2. The van der Waals surface area contributed by atoms with Crippen molar-refractivity contribution < 1.29 is 27.1 Å². The number of aromatic nitrogens is 1. The molecule has 0 bridgehead atoms. The van der Waals surface area contributed by atoms with E-state index in [4.69, 9.17) is 10.00 Å². The SMILES string of the molecule is N#Cc1ccc2[nH]cc(NC(=O)c3ccc(OCCCC(F)(F)F)c(F)c3)c2c1. The van der Waals surface area contributed by atoms with Crippen LogP contribution in [0.5, 0.6) is 5.75 Å². The highest BCUT2D eigenvalue weighted by Gasteiger charge is 2.26. The molecular formula is C20H15F4N3O2. The van der Waals surface area contributed by atoms with Gasteiger partial charge in [0.2, 0.25) is 0 Å². The lowest BCUT2D eigenvalue weighted by molar-refractivity contribution is -0.136. The summed E-state index contributed by atoms with van der Waals surface area (Å²) in [6.07, 6.45) is -4.05. The Morgan fingerprint density at radius 1 is 1.21 bits per heavy atom. The Hall–Kier alpha value is -3.54. The Bertz CT molecular complexity index is 1080. The minimum absolute atomic E-state index is 0.0101. The van der Waals surface area contributed by atoms with Gasteiger partial charge in [0, 0.05) is 29.1 Å². The summed E-state index contributed by atoms with van der Waals surface area (Å²) in [6.45, 7) is -0.293. The van der Waals surface area contributed by atoms with Crippen molar-refractivity contribution in [1.29, 1.82) is 5.26 Å². The number of nitrogens with zero attached hydrogens (tertiary/aromatic N) is 1. The molecule has 3 aromatic rings. The molecule has 9 heteroatoms. The molecule has 5 nitrogen and oxygen atoms in total. The third-order valence-electron chi connectivity index (χ3n) is 4.12. The van der Waals surface area contributed by atoms with Crippen LogP contribution in [0.3, 0.4) is 0 Å². The van der Waals surface area contributed by atoms with E-state index >= 15 is 0 Å². The standard InChI is InChI=1S/C20H15F4N3O2/c21-15-9-13(3-5-18(15)29-7-1-6-20(22,23)24)19(28)27-17-11-26-16-4-2-12(10-25)8-14(16)17/h2-5,8-9,11,26H,1,6-7H2,(H,27,28). The maximum atomic E-state index is 14.1. The van der Waals surface area contributed by atoms with Gasteiger partial charge in [0.25, 0.3) is 5.91 Å². The first kappa shape index (κ1) is 20.2. The van der Waals surface area contributed by atoms with E-state index in [-0.39, 0.29) is 24.3 Å². The molecule has 1 heterocycles. The van der Waals surface area contributed by atoms with Gasteiger partial charge in [-0.1, -0.05) is 0 Å². The van der Waals surface area contributed by atoms with E-state index in [1.165, 1.54) is 12.1 Å². The molecule has 0 radical (unpaired) electrons. The van der Waals surface area contributed by atoms with Crippen molar-refractivity contribution in [2.75, 3.05) is 11.9 Å². The number of fused-ring (bicyclic) bond motifs is 1. The molecule has 150 valence electrons. The highest BCUT2D eigenvalue weighted by Crippen LogP contribution is 2.26. The summed E-state index contributed by atoms with van der Waals surface area (Å²) in [4.78, 5) is 15.4. The molecule has 0 aliphatic carbocycles. The van der Waals surface area contributed by atoms with Gasteiger partial charge in [-0.05, 0) is 42.8 Å². The Balaban J connectivity index is 1.67. The maximum Gasteiger partial charge on any atom is 0.389 e. The number of carbonyl (C=O) groups excluding carboxylic acids is 1. The van der Waals surface area contributed by atoms with Crippen LogP contribution in [0.25, 0.3) is 10.9 Å². The molecule has 29 heavy (non-hydrogen) atoms. The molecule has 0 saturated carbocycles. The fourth-order valence-electron chi connectivity index (χ4n) is 2.70. The van der Waals surface area contributed by atoms with Crippen LogP contribution in [0.4, 0.5) is 23.2 Å². The minimum atomic E-state index is -4.29. The number of nitrogens with one attached hydrogen (secondary N) is 2. The summed E-state index contributed by atoms with van der Waals surface area (Å²) in [5.74, 6) is -1.67. The highest BCUT2D eigenvalue weighted by molar-refractivity contribution is 6.09. The van der Waals surface area contributed by atoms with Gasteiger partial charge < -0.3 is 15.0 Å². The van der Waals surface area contributed by atoms with E-state index in [2.05, 4.69) is 10.3 Å². The second-order valence-corrected chi connectivity index (χ2v) is 6.24. The first-order valence-electron chi connectivity index (χ1n) is 8.58. The van der Waals surface area contributed by atoms with Crippen LogP contribution in [0.1, 0.15) is 28.8 Å². The van der Waals surface area contributed by atoms with Crippen LogP contribution in [-0.2, 0) is 0 Å². The topological polar surface area (TPSA) is 77.9 Å². The number of carbonyl (C=O) groups is 1. The molecule has 0 unspecified atom stereocenters. The monoisotopic (exact) mass is 405 g/mol. The van der Waals surface area contributed by atoms with E-state index in [1.54, 1.807) is 24.4 Å². The van der Waals surface area contributed by atoms with Gasteiger partial charge in [0.15, 0.2) is 11.6 Å². The summed E-state index contributed by atoms with van der Waals surface area (Å²) in [7, 11) is 0. The van der Waals surface area contributed by atoms with Crippen LogP contribution in [-0.4, -0.2) is 23.7 Å². The summed E-state index contributed by atoms with van der Waals surface area (Å²) >= 11 is 0. The molecule has 0 spiro atoms. The maximum absolute atomic E-state index is 14.1. The van der Waals surface area contributed by atoms with Crippen molar-refractivity contribution in [3.63, 3.8) is 0 Å². The number of amides is 1. The number of alkyl halides is 3. The molecule has 3 rings (SSSR count). The predicted octanol–water partition coefficient (Wildman–Crippen LogP) is 5.15. The molecule has 0 aliphatic rings. The van der Waals surface area contributed by atoms with Gasteiger partial charge in [0.1, 0.15) is 0 Å². The zero-order chi connectivity index (χ0) is 21.0. The fraction of sp³-hybridized carbons (Fsp3) is 0.200. The van der Waals surface area contributed by atoms with E-state index in [0.717, 1.165) is 6.07 Å². The second kappa shape index (κ2) is 8.22. The summed E-state index contributed by atoms with van der Waals surface area (Å²) < 4.78 is 55.5. The van der Waals surface area contributed by atoms with E-state index < -0.39 is 24.3 Å². The van der Waals surface area contributed by atoms with E-state index in [0.29, 0.717) is 22.2 Å². The summed E-state index contributed by atoms with van der Waals surface area (Å²) in [5, 5.41) is 12.3. The number of ether oxygens (including phenoxy) is 1. The smallest absolute Gasteiger partial charge is 0.389 e. The van der Waals surface area contributed by atoms with Gasteiger partial charge in [0.05, 0.1) is 23.9 Å². The van der Waals surface area contributed by atoms with Crippen LogP contribution >= 0.6 is 0 Å². The third-order valence-corrected chi connectivity index (χ3v) is 4.12. The van der Waals surface area contributed by atoms with Gasteiger partial charge in [-0.2, -0.15) is 18.4 Å². The number of benzene rings is 2. The molecule has 0 saturated heterocycles. The van der Waals surface area contributed by atoms with Crippen LogP contribution in [0.2, 0.25) is 0 Å². The lowest BCUT2D eigenvalue weighted by atomic mass is 10.1. The summed E-state index contributed by atoms with van der Waals surface area (Å²) in [5.41, 5.74) is 1.57. The summed E-state index contributed by atoms with van der Waals surface area (Å²) in [6, 6.07) is 10.4. The van der Waals surface area contributed by atoms with E-state index in [9.17, 15) is 22.4 Å². The number of hydrogen-bond acceptors (Lipinski definition) is 3. The van der Waals surface area contributed by atoms with Crippen LogP contribution in [0, 0.1) is 17.1 Å². The van der Waals surface area contributed by atoms with Crippen molar-refractivity contribution >= 4 is 22.5 Å². The number of aromatic amines is 1. The van der Waals surface area contributed by atoms with Crippen molar-refractivity contribution in [1.82, 2.24) is 4.98 Å². The van der Waals surface area contributed by atoms with Crippen molar-refractivity contribution in [2.24, 2.45) is 0 Å². The molecular weight excluding hydrogens is 390 g/mol. The normalized spacial score (nSPS) is 11.3. The molecule has 0 aliphatic heterocycles. The highest BCUT2D eigenvalue weighted by atomic mass is 19.4. The predicted molar refractivity (Wildman–Crippen MR) is 98.2 cm³/mol. The van der Waals surface area contributed by atoms with Crippen molar-refractivity contribution in [3.05, 3.63) is 59.5 Å². The molecule has 0 atom stereocenters. The molecule has 2 aromatic carbocycles. The zero-order valence-electron chi connectivity index (χ0n) is 14.9. The Morgan fingerprint density at radius 3 is 2.69 bits per heavy atom. The average Bonchev–Trinajstić information content (AvgIpc) is 3.07. The van der Waals surface area contributed by atoms with Crippen molar-refractivity contribution in [3.8, 4) is 11.8 Å². The lowest BCUT2D eigenvalue weighted by Gasteiger charge is -2.10. The zero-order valence-corrected chi connectivity index (χ0v) is 14.9. The van der Waals surface area contributed by atoms with Gasteiger partial charge in [-0.15, -0.1) is 0 Å². The second-order valence-electron chi connectivity index (χ2n) is 6.24. The number of halogens is 4. The minimum Gasteiger partial charge on any atom is -0.491 e. The van der Waals surface area contributed by atoms with Crippen LogP contribution < -0.4 is 10.1 Å².